The SMILES string of the molecule is CCCN(CC)CCNc1snc(N)c1S(=O)(=O)C1CC1. The smallest absolute Gasteiger partial charge is 0.187 e. The number of aromatic nitrogens is 1. The van der Waals surface area contributed by atoms with Gasteiger partial charge in [0.1, 0.15) is 9.90 Å². The van der Waals surface area contributed by atoms with Crippen molar-refractivity contribution in [2.45, 2.75) is 43.3 Å². The van der Waals surface area contributed by atoms with Gasteiger partial charge in [0, 0.05) is 13.1 Å². The summed E-state index contributed by atoms with van der Waals surface area (Å²) >= 11 is 1.14. The van der Waals surface area contributed by atoms with Crippen LogP contribution in [-0.2, 0) is 9.84 Å². The van der Waals surface area contributed by atoms with Crippen molar-refractivity contribution in [1.82, 2.24) is 9.27 Å². The standard InChI is InChI=1S/C13H24N4O2S2/c1-3-8-17(4-2)9-7-15-13-11(12(14)16-20-13)21(18,19)10-5-6-10/h10,15H,3-9H2,1-2H3,(H2,14,16). The molecular weight excluding hydrogens is 308 g/mol. The van der Waals surface area contributed by atoms with Crippen LogP contribution >= 0.6 is 11.5 Å². The summed E-state index contributed by atoms with van der Waals surface area (Å²) in [6.07, 6.45) is 2.58. The van der Waals surface area contributed by atoms with Crippen molar-refractivity contribution in [3.8, 4) is 0 Å². The molecule has 0 bridgehead atoms. The summed E-state index contributed by atoms with van der Waals surface area (Å²) in [5.74, 6) is 0.135. The molecule has 1 aromatic heterocycles. The average Bonchev–Trinajstić information content (AvgIpc) is 3.23. The molecule has 0 aromatic carbocycles. The Morgan fingerprint density at radius 1 is 1.38 bits per heavy atom. The highest BCUT2D eigenvalue weighted by atomic mass is 32.2. The van der Waals surface area contributed by atoms with Gasteiger partial charge in [-0.05, 0) is 43.9 Å². The number of anilines is 2. The van der Waals surface area contributed by atoms with Crippen LogP contribution in [0.3, 0.4) is 0 Å². The Bertz CT molecular complexity index is 567. The minimum Gasteiger partial charge on any atom is -0.382 e. The first kappa shape index (κ1) is 16.5. The zero-order chi connectivity index (χ0) is 15.5. The summed E-state index contributed by atoms with van der Waals surface area (Å²) in [7, 11) is -3.30. The monoisotopic (exact) mass is 332 g/mol. The Balaban J connectivity index is 2.01. The molecule has 6 nitrogen and oxygen atoms in total. The first-order valence-electron chi connectivity index (χ1n) is 7.46. The Kier molecular flexibility index (Phi) is 5.45. The average molecular weight is 332 g/mol. The fourth-order valence-electron chi connectivity index (χ4n) is 2.30. The normalized spacial score (nSPS) is 15.6. The van der Waals surface area contributed by atoms with Crippen LogP contribution in [0.2, 0.25) is 0 Å². The summed E-state index contributed by atoms with van der Waals surface area (Å²) in [5, 5.41) is 3.53. The number of rotatable bonds is 9. The summed E-state index contributed by atoms with van der Waals surface area (Å²) in [6.45, 7) is 7.90. The Hall–Kier alpha value is -0.860. The number of likely N-dealkylation sites (N-methyl/N-ethyl adjacent to an activating group) is 1. The summed E-state index contributed by atoms with van der Waals surface area (Å²) in [5.41, 5.74) is 5.77. The van der Waals surface area contributed by atoms with Crippen molar-refractivity contribution in [2.24, 2.45) is 0 Å². The molecule has 0 amide bonds. The van der Waals surface area contributed by atoms with Crippen molar-refractivity contribution in [3.05, 3.63) is 0 Å². The highest BCUT2D eigenvalue weighted by Crippen LogP contribution is 2.40. The van der Waals surface area contributed by atoms with Crippen LogP contribution in [0.1, 0.15) is 33.1 Å². The van der Waals surface area contributed by atoms with E-state index < -0.39 is 9.84 Å². The number of nitrogens with one attached hydrogen (secondary N) is 1. The van der Waals surface area contributed by atoms with Gasteiger partial charge in [-0.3, -0.25) is 0 Å². The lowest BCUT2D eigenvalue weighted by atomic mass is 10.4. The molecule has 0 spiro atoms. The fourth-order valence-corrected chi connectivity index (χ4v) is 5.21. The topological polar surface area (TPSA) is 88.3 Å². The van der Waals surface area contributed by atoms with E-state index in [2.05, 4.69) is 28.4 Å². The molecule has 0 unspecified atom stereocenters. The molecular formula is C13H24N4O2S2. The molecule has 1 saturated carbocycles. The summed E-state index contributed by atoms with van der Waals surface area (Å²) in [6, 6.07) is 0. The minimum atomic E-state index is -3.30. The van der Waals surface area contributed by atoms with Gasteiger partial charge in [0.25, 0.3) is 0 Å². The van der Waals surface area contributed by atoms with Gasteiger partial charge in [0.2, 0.25) is 0 Å². The highest BCUT2D eigenvalue weighted by molar-refractivity contribution is 7.92. The summed E-state index contributed by atoms with van der Waals surface area (Å²) in [4.78, 5) is 2.54. The van der Waals surface area contributed by atoms with E-state index in [1.54, 1.807) is 0 Å². The van der Waals surface area contributed by atoms with E-state index in [0.717, 1.165) is 50.4 Å². The van der Waals surface area contributed by atoms with Crippen molar-refractivity contribution < 1.29 is 8.42 Å². The van der Waals surface area contributed by atoms with Gasteiger partial charge in [0.05, 0.1) is 5.25 Å². The number of nitrogens with two attached hydrogens (primary N) is 1. The largest absolute Gasteiger partial charge is 0.382 e. The molecule has 0 saturated heterocycles. The molecule has 8 heteroatoms. The van der Waals surface area contributed by atoms with Crippen LogP contribution in [0.25, 0.3) is 0 Å². The Morgan fingerprint density at radius 3 is 2.67 bits per heavy atom. The van der Waals surface area contributed by atoms with Gasteiger partial charge in [-0.1, -0.05) is 13.8 Å². The van der Waals surface area contributed by atoms with Crippen LogP contribution in [0.4, 0.5) is 10.8 Å². The third kappa shape index (κ3) is 3.87. The van der Waals surface area contributed by atoms with E-state index in [0.29, 0.717) is 11.5 Å². The van der Waals surface area contributed by atoms with Gasteiger partial charge in [-0.25, -0.2) is 8.42 Å². The lowest BCUT2D eigenvalue weighted by Crippen LogP contribution is -2.29. The van der Waals surface area contributed by atoms with Crippen LogP contribution in [0, 0.1) is 0 Å². The van der Waals surface area contributed by atoms with E-state index >= 15 is 0 Å². The second kappa shape index (κ2) is 6.93. The second-order valence-electron chi connectivity index (χ2n) is 5.33. The molecule has 2 rings (SSSR count). The summed E-state index contributed by atoms with van der Waals surface area (Å²) < 4.78 is 28.8. The molecule has 21 heavy (non-hydrogen) atoms. The van der Waals surface area contributed by atoms with E-state index in [1.807, 2.05) is 0 Å². The lowest BCUT2D eigenvalue weighted by molar-refractivity contribution is 0.300. The van der Waals surface area contributed by atoms with Crippen LogP contribution < -0.4 is 11.1 Å². The van der Waals surface area contributed by atoms with E-state index in [1.165, 1.54) is 0 Å². The van der Waals surface area contributed by atoms with E-state index in [-0.39, 0.29) is 16.0 Å². The maximum Gasteiger partial charge on any atom is 0.187 e. The number of nitrogen functional groups attached to an aromatic ring is 1. The third-order valence-electron chi connectivity index (χ3n) is 3.62. The molecule has 1 aliphatic carbocycles. The third-order valence-corrected chi connectivity index (χ3v) is 6.90. The first-order chi connectivity index (χ1) is 10.0. The maximum atomic E-state index is 12.4. The van der Waals surface area contributed by atoms with E-state index in [9.17, 15) is 8.42 Å². The molecule has 1 heterocycles. The second-order valence-corrected chi connectivity index (χ2v) is 8.27. The van der Waals surface area contributed by atoms with Crippen molar-refractivity contribution >= 4 is 32.2 Å². The van der Waals surface area contributed by atoms with Crippen molar-refractivity contribution in [2.75, 3.05) is 37.2 Å². The van der Waals surface area contributed by atoms with E-state index in [4.69, 9.17) is 5.73 Å². The number of hydrogen-bond acceptors (Lipinski definition) is 7. The number of sulfone groups is 1. The molecule has 1 aromatic rings. The Labute approximate surface area is 130 Å². The van der Waals surface area contributed by atoms with Gasteiger partial charge in [-0.2, -0.15) is 4.37 Å². The maximum absolute atomic E-state index is 12.4. The molecule has 1 aliphatic rings. The van der Waals surface area contributed by atoms with Crippen LogP contribution in [0.15, 0.2) is 4.90 Å². The first-order valence-corrected chi connectivity index (χ1v) is 9.77. The zero-order valence-corrected chi connectivity index (χ0v) is 14.3. The van der Waals surface area contributed by atoms with Crippen molar-refractivity contribution in [1.29, 1.82) is 0 Å². The molecule has 0 aliphatic heterocycles. The molecule has 1 fully saturated rings. The number of hydrogen-bond donors (Lipinski definition) is 2. The predicted molar refractivity (Wildman–Crippen MR) is 87.6 cm³/mol. The quantitative estimate of drug-likeness (QED) is 0.717. The van der Waals surface area contributed by atoms with Crippen LogP contribution in [-0.4, -0.2) is 49.1 Å². The highest BCUT2D eigenvalue weighted by Gasteiger charge is 2.40. The zero-order valence-electron chi connectivity index (χ0n) is 12.6. The molecule has 3 N–H and O–H groups in total. The van der Waals surface area contributed by atoms with Gasteiger partial charge in [0.15, 0.2) is 15.7 Å². The Morgan fingerprint density at radius 2 is 2.10 bits per heavy atom. The number of nitrogens with zero attached hydrogens (tertiary/aromatic N) is 2. The fraction of sp³-hybridized carbons (Fsp3) is 0.769. The lowest BCUT2D eigenvalue weighted by Gasteiger charge is -2.19. The van der Waals surface area contributed by atoms with Gasteiger partial charge >= 0.3 is 0 Å². The molecule has 0 radical (unpaired) electrons. The molecule has 120 valence electrons. The minimum absolute atomic E-state index is 0.135. The predicted octanol–water partition coefficient (Wildman–Crippen LogP) is 1.81. The van der Waals surface area contributed by atoms with Gasteiger partial charge in [-0.15, -0.1) is 0 Å². The van der Waals surface area contributed by atoms with Gasteiger partial charge < -0.3 is 16.0 Å². The van der Waals surface area contributed by atoms with Crippen LogP contribution in [0.5, 0.6) is 0 Å². The van der Waals surface area contributed by atoms with Crippen molar-refractivity contribution in [3.63, 3.8) is 0 Å². The molecule has 0 atom stereocenters.